The first-order valence-corrected chi connectivity index (χ1v) is 10.9. The van der Waals surface area contributed by atoms with E-state index in [1.807, 2.05) is 0 Å². The number of hydrogen-bond donors (Lipinski definition) is 0. The summed E-state index contributed by atoms with van der Waals surface area (Å²) in [5.41, 5.74) is 0. The SMILES string of the molecule is CCCCCCCCCCOC(=O)CC(C(=O)Cl)C(=O)OCCCCCC. The zero-order valence-corrected chi connectivity index (χ0v) is 17.9. The van der Waals surface area contributed by atoms with Gasteiger partial charge < -0.3 is 9.47 Å². The van der Waals surface area contributed by atoms with Gasteiger partial charge in [0.25, 0.3) is 0 Å². The number of rotatable bonds is 18. The molecular formula is C21H37ClO5. The Bertz CT molecular complexity index is 411. The molecule has 0 amide bonds. The summed E-state index contributed by atoms with van der Waals surface area (Å²) in [4.78, 5) is 35.2. The lowest BCUT2D eigenvalue weighted by Gasteiger charge is -2.12. The second-order valence-electron chi connectivity index (χ2n) is 6.98. The minimum Gasteiger partial charge on any atom is -0.466 e. The zero-order valence-electron chi connectivity index (χ0n) is 17.1. The second kappa shape index (κ2) is 18.3. The molecule has 0 radical (unpaired) electrons. The summed E-state index contributed by atoms with van der Waals surface area (Å²) in [5.74, 6) is -2.60. The average Bonchev–Trinajstić information content (AvgIpc) is 2.64. The first-order chi connectivity index (χ1) is 13.0. The number of carbonyl (C=O) groups excluding carboxylic acids is 3. The lowest BCUT2D eigenvalue weighted by Crippen LogP contribution is -2.27. The van der Waals surface area contributed by atoms with E-state index in [1.165, 1.54) is 32.1 Å². The Hall–Kier alpha value is -1.10. The van der Waals surface area contributed by atoms with Crippen LogP contribution in [0.25, 0.3) is 0 Å². The molecule has 1 atom stereocenters. The zero-order chi connectivity index (χ0) is 20.3. The van der Waals surface area contributed by atoms with Crippen LogP contribution >= 0.6 is 11.6 Å². The van der Waals surface area contributed by atoms with Gasteiger partial charge in [-0.25, -0.2) is 0 Å². The van der Waals surface area contributed by atoms with Crippen LogP contribution < -0.4 is 0 Å². The molecule has 5 nitrogen and oxygen atoms in total. The van der Waals surface area contributed by atoms with Crippen molar-refractivity contribution < 1.29 is 23.9 Å². The predicted molar refractivity (Wildman–Crippen MR) is 108 cm³/mol. The fourth-order valence-corrected chi connectivity index (χ4v) is 2.87. The molecule has 0 aromatic heterocycles. The summed E-state index contributed by atoms with van der Waals surface area (Å²) < 4.78 is 10.2. The first-order valence-electron chi connectivity index (χ1n) is 10.5. The highest BCUT2D eigenvalue weighted by molar-refractivity contribution is 6.65. The molecule has 27 heavy (non-hydrogen) atoms. The maximum atomic E-state index is 11.9. The molecule has 0 N–H and O–H groups in total. The largest absolute Gasteiger partial charge is 0.466 e. The van der Waals surface area contributed by atoms with Gasteiger partial charge in [-0.1, -0.05) is 78.1 Å². The Kier molecular flexibility index (Phi) is 17.5. The Morgan fingerprint density at radius 3 is 1.67 bits per heavy atom. The van der Waals surface area contributed by atoms with Gasteiger partial charge >= 0.3 is 11.9 Å². The molecule has 0 saturated carbocycles. The van der Waals surface area contributed by atoms with Gasteiger partial charge in [-0.15, -0.1) is 0 Å². The van der Waals surface area contributed by atoms with E-state index in [1.54, 1.807) is 0 Å². The van der Waals surface area contributed by atoms with Crippen LogP contribution in [-0.2, 0) is 23.9 Å². The number of esters is 2. The molecule has 0 fully saturated rings. The van der Waals surface area contributed by atoms with E-state index in [2.05, 4.69) is 13.8 Å². The smallest absolute Gasteiger partial charge is 0.318 e. The van der Waals surface area contributed by atoms with Crippen molar-refractivity contribution in [3.63, 3.8) is 0 Å². The van der Waals surface area contributed by atoms with Gasteiger partial charge in [-0.2, -0.15) is 0 Å². The molecule has 0 aliphatic rings. The van der Waals surface area contributed by atoms with Crippen LogP contribution in [0.5, 0.6) is 0 Å². The number of unbranched alkanes of at least 4 members (excludes halogenated alkanes) is 10. The van der Waals surface area contributed by atoms with Gasteiger partial charge in [-0.3, -0.25) is 14.4 Å². The molecule has 0 saturated heterocycles. The highest BCUT2D eigenvalue weighted by atomic mass is 35.5. The Morgan fingerprint density at radius 2 is 1.15 bits per heavy atom. The molecule has 1 unspecified atom stereocenters. The highest BCUT2D eigenvalue weighted by Crippen LogP contribution is 2.13. The number of ether oxygens (including phenoxy) is 2. The highest BCUT2D eigenvalue weighted by Gasteiger charge is 2.30. The van der Waals surface area contributed by atoms with Crippen LogP contribution in [0.3, 0.4) is 0 Å². The Labute approximate surface area is 169 Å². The minimum absolute atomic E-state index is 0.243. The minimum atomic E-state index is -1.27. The molecule has 158 valence electrons. The molecular weight excluding hydrogens is 368 g/mol. The summed E-state index contributed by atoms with van der Waals surface area (Å²) in [6, 6.07) is 0. The number of halogens is 1. The maximum Gasteiger partial charge on any atom is 0.318 e. The van der Waals surface area contributed by atoms with E-state index in [4.69, 9.17) is 21.1 Å². The van der Waals surface area contributed by atoms with E-state index >= 15 is 0 Å². The fourth-order valence-electron chi connectivity index (χ4n) is 2.71. The standard InChI is InChI=1S/C21H37ClO5/c1-3-5-7-9-10-11-12-14-15-26-19(23)17-18(20(22)24)21(25)27-16-13-8-6-4-2/h18H,3-17H2,1-2H3. The van der Waals surface area contributed by atoms with Gasteiger partial charge in [0.05, 0.1) is 19.6 Å². The summed E-state index contributed by atoms with van der Waals surface area (Å²) in [7, 11) is 0. The molecule has 6 heteroatoms. The summed E-state index contributed by atoms with van der Waals surface area (Å²) >= 11 is 5.45. The summed E-state index contributed by atoms with van der Waals surface area (Å²) in [6.45, 7) is 4.84. The van der Waals surface area contributed by atoms with Crippen LogP contribution in [-0.4, -0.2) is 30.4 Å². The van der Waals surface area contributed by atoms with Gasteiger partial charge in [0.1, 0.15) is 5.92 Å². The maximum absolute atomic E-state index is 11.9. The van der Waals surface area contributed by atoms with Crippen molar-refractivity contribution in [3.05, 3.63) is 0 Å². The van der Waals surface area contributed by atoms with Crippen LogP contribution in [0.15, 0.2) is 0 Å². The number of carbonyl (C=O) groups is 3. The van der Waals surface area contributed by atoms with Crippen molar-refractivity contribution in [3.8, 4) is 0 Å². The van der Waals surface area contributed by atoms with Gasteiger partial charge in [0.2, 0.25) is 5.24 Å². The molecule has 0 bridgehead atoms. The molecule has 0 spiro atoms. The molecule has 0 rings (SSSR count). The van der Waals surface area contributed by atoms with Crippen molar-refractivity contribution in [2.45, 2.75) is 97.3 Å². The molecule has 0 aliphatic heterocycles. The lowest BCUT2D eigenvalue weighted by molar-refractivity contribution is -0.157. The predicted octanol–water partition coefficient (Wildman–Crippen LogP) is 5.57. The van der Waals surface area contributed by atoms with E-state index in [-0.39, 0.29) is 13.0 Å². The summed E-state index contributed by atoms with van der Waals surface area (Å²) in [5, 5.41) is -0.877. The van der Waals surface area contributed by atoms with Crippen molar-refractivity contribution in [1.82, 2.24) is 0 Å². The third-order valence-corrected chi connectivity index (χ3v) is 4.70. The van der Waals surface area contributed by atoms with Crippen LogP contribution in [0, 0.1) is 5.92 Å². The Balaban J connectivity index is 3.88. The monoisotopic (exact) mass is 404 g/mol. The van der Waals surface area contributed by atoms with Crippen molar-refractivity contribution in [2.75, 3.05) is 13.2 Å². The molecule has 0 aliphatic carbocycles. The van der Waals surface area contributed by atoms with E-state index in [9.17, 15) is 14.4 Å². The quantitative estimate of drug-likeness (QED) is 0.129. The Morgan fingerprint density at radius 1 is 0.704 bits per heavy atom. The van der Waals surface area contributed by atoms with Gasteiger partial charge in [0, 0.05) is 0 Å². The van der Waals surface area contributed by atoms with Crippen LogP contribution in [0.1, 0.15) is 97.3 Å². The lowest BCUT2D eigenvalue weighted by atomic mass is 10.1. The van der Waals surface area contributed by atoms with Crippen LogP contribution in [0.4, 0.5) is 0 Å². The number of hydrogen-bond acceptors (Lipinski definition) is 5. The molecule has 0 aromatic rings. The van der Waals surface area contributed by atoms with Gasteiger partial charge in [-0.05, 0) is 24.4 Å². The van der Waals surface area contributed by atoms with Gasteiger partial charge in [0.15, 0.2) is 0 Å². The van der Waals surface area contributed by atoms with E-state index in [0.29, 0.717) is 6.61 Å². The third kappa shape index (κ3) is 15.6. The van der Waals surface area contributed by atoms with Crippen LogP contribution in [0.2, 0.25) is 0 Å². The fraction of sp³-hybridized carbons (Fsp3) is 0.857. The van der Waals surface area contributed by atoms with E-state index in [0.717, 1.165) is 44.9 Å². The average molecular weight is 405 g/mol. The topological polar surface area (TPSA) is 69.7 Å². The first kappa shape index (κ1) is 25.9. The van der Waals surface area contributed by atoms with E-state index < -0.39 is 23.1 Å². The normalized spacial score (nSPS) is 11.8. The van der Waals surface area contributed by atoms with Crippen molar-refractivity contribution >= 4 is 28.8 Å². The summed E-state index contributed by atoms with van der Waals surface area (Å²) in [6.07, 6.45) is 12.7. The second-order valence-corrected chi connectivity index (χ2v) is 7.36. The molecule has 0 heterocycles. The molecule has 0 aromatic carbocycles. The van der Waals surface area contributed by atoms with Crippen molar-refractivity contribution in [1.29, 1.82) is 0 Å². The third-order valence-electron chi connectivity index (χ3n) is 4.43. The van der Waals surface area contributed by atoms with Crippen molar-refractivity contribution in [2.24, 2.45) is 5.92 Å².